The van der Waals surface area contributed by atoms with Gasteiger partial charge in [-0.1, -0.05) is 57.1 Å². The lowest BCUT2D eigenvalue weighted by Gasteiger charge is -2.27. The fourth-order valence-corrected chi connectivity index (χ4v) is 4.66. The van der Waals surface area contributed by atoms with E-state index < -0.39 is 17.5 Å². The number of amides is 2. The summed E-state index contributed by atoms with van der Waals surface area (Å²) in [5.74, 6) is -1.95. The van der Waals surface area contributed by atoms with Gasteiger partial charge in [0.05, 0.1) is 17.3 Å². The summed E-state index contributed by atoms with van der Waals surface area (Å²) < 4.78 is 45.4. The van der Waals surface area contributed by atoms with Crippen molar-refractivity contribution >= 4 is 12.3 Å². The maximum atomic E-state index is 13.6. The molecule has 1 N–H and O–H groups in total. The van der Waals surface area contributed by atoms with Gasteiger partial charge in [0.2, 0.25) is 12.3 Å². The molecule has 1 saturated heterocycles. The Morgan fingerprint density at radius 3 is 2.12 bits per heavy atom. The standard InChI is InChI=1S/C15H12F3NO.C14H22N2O2.C2H6/c1-9(19-8-20)10-2-4-11(5-3-10)15-13(17)6-12(16)7-14(15)18;1-9(2)13(12-8-10(3)15-18-12)14(17)16-7-5-6-11(16)4;1-2/h2-9H,1H3,(H,19,20);8-9,11,13H,5-7H2,1-4H3;1-2H3. The zero-order valence-electron chi connectivity index (χ0n) is 24.3. The molecule has 3 unspecified atom stereocenters. The average Bonchev–Trinajstić information content (AvgIpc) is 3.53. The van der Waals surface area contributed by atoms with Gasteiger partial charge in [-0.3, -0.25) is 9.59 Å². The van der Waals surface area contributed by atoms with Crippen molar-refractivity contribution in [2.45, 2.75) is 79.3 Å². The van der Waals surface area contributed by atoms with E-state index in [0.29, 0.717) is 35.9 Å². The van der Waals surface area contributed by atoms with Crippen LogP contribution < -0.4 is 5.32 Å². The van der Waals surface area contributed by atoms with Gasteiger partial charge < -0.3 is 14.7 Å². The van der Waals surface area contributed by atoms with Crippen molar-refractivity contribution in [3.05, 3.63) is 76.9 Å². The predicted octanol–water partition coefficient (Wildman–Crippen LogP) is 7.34. The molecule has 2 aromatic carbocycles. The molecule has 3 aromatic rings. The second-order valence-corrected chi connectivity index (χ2v) is 9.99. The van der Waals surface area contributed by atoms with E-state index in [2.05, 4.69) is 31.2 Å². The summed E-state index contributed by atoms with van der Waals surface area (Å²) in [7, 11) is 0. The van der Waals surface area contributed by atoms with Crippen LogP contribution in [0.2, 0.25) is 0 Å². The third kappa shape index (κ3) is 8.19. The summed E-state index contributed by atoms with van der Waals surface area (Å²) >= 11 is 0. The van der Waals surface area contributed by atoms with Crippen LogP contribution in [0.1, 0.15) is 83.4 Å². The number of likely N-dealkylation sites (tertiary alicyclic amines) is 1. The van der Waals surface area contributed by atoms with Gasteiger partial charge in [-0.25, -0.2) is 13.2 Å². The summed E-state index contributed by atoms with van der Waals surface area (Å²) in [5.41, 5.74) is 1.66. The lowest BCUT2D eigenvalue weighted by molar-refractivity contribution is -0.134. The fraction of sp³-hybridized carbons (Fsp3) is 0.452. The molecule has 6 nitrogen and oxygen atoms in total. The van der Waals surface area contributed by atoms with Crippen molar-refractivity contribution in [3.8, 4) is 11.1 Å². The SMILES string of the molecule is CC.CC(NC=O)c1ccc(-c2c(F)cc(F)cc2F)cc1.Cc1cc(C(C(=O)N2CCCC2C)C(C)C)on1. The van der Waals surface area contributed by atoms with Crippen molar-refractivity contribution in [2.75, 3.05) is 6.54 Å². The number of aromatic nitrogens is 1. The first kappa shape index (κ1) is 32.6. The van der Waals surface area contributed by atoms with Gasteiger partial charge in [0.15, 0.2) is 0 Å². The molecule has 1 aromatic heterocycles. The minimum absolute atomic E-state index is 0.186. The van der Waals surface area contributed by atoms with Gasteiger partial charge in [0.1, 0.15) is 29.1 Å². The molecule has 0 aliphatic carbocycles. The molecule has 2 heterocycles. The van der Waals surface area contributed by atoms with E-state index in [9.17, 15) is 22.8 Å². The van der Waals surface area contributed by atoms with Crippen molar-refractivity contribution in [1.82, 2.24) is 15.4 Å². The lowest BCUT2D eigenvalue weighted by Crippen LogP contribution is -2.38. The molecule has 0 saturated carbocycles. The van der Waals surface area contributed by atoms with Crippen LogP contribution in [-0.4, -0.2) is 35.0 Å². The summed E-state index contributed by atoms with van der Waals surface area (Å²) in [6, 6.07) is 9.66. The summed E-state index contributed by atoms with van der Waals surface area (Å²) in [5, 5.41) is 6.48. The Morgan fingerprint density at radius 1 is 1.07 bits per heavy atom. The normalized spacial score (nSPS) is 15.9. The Balaban J connectivity index is 0.000000265. The Bertz CT molecular complexity index is 1220. The van der Waals surface area contributed by atoms with Crippen LogP contribution in [-0.2, 0) is 9.59 Å². The molecule has 40 heavy (non-hydrogen) atoms. The summed E-state index contributed by atoms with van der Waals surface area (Å²) in [6.45, 7) is 14.8. The van der Waals surface area contributed by atoms with Crippen molar-refractivity contribution < 1.29 is 27.3 Å². The van der Waals surface area contributed by atoms with Gasteiger partial charge in [-0.15, -0.1) is 0 Å². The number of halogens is 3. The van der Waals surface area contributed by atoms with Gasteiger partial charge >= 0.3 is 0 Å². The number of benzene rings is 2. The predicted molar refractivity (Wildman–Crippen MR) is 150 cm³/mol. The van der Waals surface area contributed by atoms with Gasteiger partial charge in [0.25, 0.3) is 0 Å². The van der Waals surface area contributed by atoms with Crippen LogP contribution in [0.25, 0.3) is 11.1 Å². The summed E-state index contributed by atoms with van der Waals surface area (Å²) in [4.78, 5) is 25.0. The number of aryl methyl sites for hydroxylation is 1. The smallest absolute Gasteiger partial charge is 0.233 e. The van der Waals surface area contributed by atoms with Crippen LogP contribution in [0.4, 0.5) is 13.2 Å². The second kappa shape index (κ2) is 15.2. The Hall–Kier alpha value is -3.62. The Kier molecular flexibility index (Phi) is 12.4. The van der Waals surface area contributed by atoms with E-state index in [1.807, 2.05) is 31.7 Å². The maximum absolute atomic E-state index is 13.6. The summed E-state index contributed by atoms with van der Waals surface area (Å²) in [6.07, 6.45) is 2.79. The van der Waals surface area contributed by atoms with Crippen LogP contribution in [0, 0.1) is 30.3 Å². The first-order valence-corrected chi connectivity index (χ1v) is 13.7. The maximum Gasteiger partial charge on any atom is 0.233 e. The van der Waals surface area contributed by atoms with Crippen LogP contribution in [0.3, 0.4) is 0 Å². The van der Waals surface area contributed by atoms with Crippen molar-refractivity contribution in [1.29, 1.82) is 0 Å². The van der Waals surface area contributed by atoms with Gasteiger partial charge in [-0.05, 0) is 50.7 Å². The molecule has 0 bridgehead atoms. The van der Waals surface area contributed by atoms with E-state index >= 15 is 0 Å². The van der Waals surface area contributed by atoms with E-state index in [1.54, 1.807) is 19.1 Å². The number of nitrogens with one attached hydrogen (secondary N) is 1. The number of rotatable bonds is 7. The minimum atomic E-state index is -0.954. The molecule has 0 radical (unpaired) electrons. The molecular weight excluding hydrogens is 519 g/mol. The Morgan fingerprint density at radius 2 is 1.68 bits per heavy atom. The third-order valence-electron chi connectivity index (χ3n) is 6.75. The quantitative estimate of drug-likeness (QED) is 0.308. The van der Waals surface area contributed by atoms with E-state index in [0.717, 1.165) is 30.6 Å². The van der Waals surface area contributed by atoms with Crippen molar-refractivity contribution in [3.63, 3.8) is 0 Å². The number of carbonyl (C=O) groups excluding carboxylic acids is 2. The van der Waals surface area contributed by atoms with Crippen LogP contribution in [0.15, 0.2) is 47.0 Å². The molecular formula is C31H40F3N3O3. The van der Waals surface area contributed by atoms with Crippen molar-refractivity contribution in [2.24, 2.45) is 5.92 Å². The van der Waals surface area contributed by atoms with Crippen LogP contribution >= 0.6 is 0 Å². The monoisotopic (exact) mass is 559 g/mol. The van der Waals surface area contributed by atoms with Gasteiger partial charge in [-0.2, -0.15) is 0 Å². The second-order valence-electron chi connectivity index (χ2n) is 9.99. The van der Waals surface area contributed by atoms with Gasteiger partial charge in [0, 0.05) is 30.8 Å². The fourth-order valence-electron chi connectivity index (χ4n) is 4.66. The largest absolute Gasteiger partial charge is 0.360 e. The first-order chi connectivity index (χ1) is 19.0. The highest BCUT2D eigenvalue weighted by atomic mass is 19.1. The number of hydrogen-bond acceptors (Lipinski definition) is 4. The minimum Gasteiger partial charge on any atom is -0.360 e. The van der Waals surface area contributed by atoms with E-state index in [-0.39, 0.29) is 29.3 Å². The molecule has 218 valence electrons. The number of hydrogen-bond donors (Lipinski definition) is 1. The number of nitrogens with zero attached hydrogens (tertiary/aromatic N) is 2. The average molecular weight is 560 g/mol. The third-order valence-corrected chi connectivity index (χ3v) is 6.75. The molecule has 1 fully saturated rings. The lowest BCUT2D eigenvalue weighted by atomic mass is 9.91. The topological polar surface area (TPSA) is 75.4 Å². The molecule has 1 aliphatic rings. The molecule has 4 rings (SSSR count). The number of carbonyl (C=O) groups is 2. The first-order valence-electron chi connectivity index (χ1n) is 13.7. The molecule has 1 aliphatic heterocycles. The molecule has 3 atom stereocenters. The van der Waals surface area contributed by atoms with E-state index in [4.69, 9.17) is 4.52 Å². The van der Waals surface area contributed by atoms with Crippen LogP contribution in [0.5, 0.6) is 0 Å². The molecule has 0 spiro atoms. The zero-order chi connectivity index (χ0) is 30.0. The molecule has 2 amide bonds. The highest BCUT2D eigenvalue weighted by Gasteiger charge is 2.35. The van der Waals surface area contributed by atoms with E-state index in [1.165, 1.54) is 12.1 Å². The highest BCUT2D eigenvalue weighted by molar-refractivity contribution is 5.84. The molecule has 9 heteroatoms. The Labute approximate surface area is 234 Å². The zero-order valence-corrected chi connectivity index (χ0v) is 24.3. The highest BCUT2D eigenvalue weighted by Crippen LogP contribution is 2.31.